The quantitative estimate of drug-likeness (QED) is 0.125. The first kappa shape index (κ1) is 37.2. The van der Waals surface area contributed by atoms with Gasteiger partial charge < -0.3 is 48.1 Å². The maximum absolute atomic E-state index is 8.83. The average molecular weight is 593 g/mol. The predicted octanol–water partition coefficient (Wildman–Crippen LogP) is 3.32. The third kappa shape index (κ3) is 21.9. The predicted molar refractivity (Wildman–Crippen MR) is 161 cm³/mol. The molecule has 2 rings (SSSR count). The highest BCUT2D eigenvalue weighted by Crippen LogP contribution is 2.10. The van der Waals surface area contributed by atoms with E-state index < -0.39 is 0 Å². The van der Waals surface area contributed by atoms with Crippen LogP contribution in [-0.2, 0) is 28.4 Å². The lowest BCUT2D eigenvalue weighted by molar-refractivity contribution is -0.0565. The second-order valence-corrected chi connectivity index (χ2v) is 8.56. The molecule has 0 aromatic heterocycles. The summed E-state index contributed by atoms with van der Waals surface area (Å²) in [5.74, 6) is 1.57. The van der Waals surface area contributed by atoms with Crippen LogP contribution in [0, 0.1) is 0 Å². The molecule has 236 valence electrons. The Morgan fingerprint density at radius 2 is 0.952 bits per heavy atom. The fourth-order valence-electron chi connectivity index (χ4n) is 3.14. The molecule has 2 N–H and O–H groups in total. The van der Waals surface area contributed by atoms with Crippen molar-refractivity contribution < 1.29 is 48.1 Å². The Bertz CT molecular complexity index is 853. The van der Waals surface area contributed by atoms with Gasteiger partial charge in [0.1, 0.15) is 36.9 Å². The summed E-state index contributed by atoms with van der Waals surface area (Å²) < 4.78 is 43.7. The molecule has 10 heteroatoms. The minimum absolute atomic E-state index is 0.00525. The van der Waals surface area contributed by atoms with Gasteiger partial charge in [-0.15, -0.1) is 13.2 Å². The van der Waals surface area contributed by atoms with Crippen molar-refractivity contribution in [2.45, 2.75) is 12.2 Å². The van der Waals surface area contributed by atoms with Crippen molar-refractivity contribution in [1.82, 2.24) is 0 Å². The van der Waals surface area contributed by atoms with E-state index in [1.54, 1.807) is 12.2 Å². The first-order valence-electron chi connectivity index (χ1n) is 14.1. The molecule has 2 atom stereocenters. The number of ether oxygens (including phenoxy) is 8. The van der Waals surface area contributed by atoms with Gasteiger partial charge >= 0.3 is 0 Å². The van der Waals surface area contributed by atoms with Crippen LogP contribution < -0.4 is 9.47 Å². The molecule has 0 aliphatic carbocycles. The molecule has 0 heterocycles. The van der Waals surface area contributed by atoms with E-state index in [1.165, 1.54) is 0 Å². The Balaban J connectivity index is 0.000000420. The molecule has 42 heavy (non-hydrogen) atoms. The van der Waals surface area contributed by atoms with E-state index in [0.717, 1.165) is 11.5 Å². The van der Waals surface area contributed by atoms with Crippen LogP contribution in [0.3, 0.4) is 0 Å². The Morgan fingerprint density at radius 1 is 0.524 bits per heavy atom. The number of rotatable bonds is 26. The minimum Gasteiger partial charge on any atom is -0.491 e. The first-order valence-corrected chi connectivity index (χ1v) is 14.1. The summed E-state index contributed by atoms with van der Waals surface area (Å²) in [4.78, 5) is 0. The van der Waals surface area contributed by atoms with Gasteiger partial charge in [0.05, 0.1) is 79.3 Å². The fourth-order valence-corrected chi connectivity index (χ4v) is 3.14. The Hall–Kier alpha value is -2.80. The third-order valence-corrected chi connectivity index (χ3v) is 5.07. The SMILES string of the molecule is C=CCOCCOC(COCCO)COc1ccccc1.C=CCOCCOCC(COc1ccccc1)OCCO. The number of aliphatic hydroxyl groups excluding tert-OH is 2. The molecule has 0 aliphatic rings. The third-order valence-electron chi connectivity index (χ3n) is 5.07. The second-order valence-electron chi connectivity index (χ2n) is 8.56. The molecule has 0 saturated heterocycles. The van der Waals surface area contributed by atoms with Crippen LogP contribution in [0.15, 0.2) is 86.0 Å². The van der Waals surface area contributed by atoms with Gasteiger partial charge in [-0.3, -0.25) is 0 Å². The zero-order chi connectivity index (χ0) is 30.4. The Labute approximate surface area is 250 Å². The van der Waals surface area contributed by atoms with E-state index in [4.69, 9.17) is 48.1 Å². The molecule has 0 saturated carbocycles. The smallest absolute Gasteiger partial charge is 0.119 e. The molecule has 0 amide bonds. The summed E-state index contributed by atoms with van der Waals surface area (Å²) >= 11 is 0. The summed E-state index contributed by atoms with van der Waals surface area (Å²) in [6, 6.07) is 19.0. The summed E-state index contributed by atoms with van der Waals surface area (Å²) in [6.07, 6.45) is 2.96. The maximum atomic E-state index is 8.83. The van der Waals surface area contributed by atoms with E-state index in [0.29, 0.717) is 66.1 Å². The lowest BCUT2D eigenvalue weighted by atomic mass is 10.3. The van der Waals surface area contributed by atoms with Crippen molar-refractivity contribution in [2.75, 3.05) is 92.5 Å². The lowest BCUT2D eigenvalue weighted by Crippen LogP contribution is -2.29. The van der Waals surface area contributed by atoms with Crippen molar-refractivity contribution in [2.24, 2.45) is 0 Å². The van der Waals surface area contributed by atoms with Crippen LogP contribution in [-0.4, -0.2) is 115 Å². The lowest BCUT2D eigenvalue weighted by Gasteiger charge is -2.18. The average Bonchev–Trinajstić information content (AvgIpc) is 3.03. The fraction of sp³-hybridized carbons (Fsp3) is 0.500. The molecule has 0 fully saturated rings. The molecule has 10 nitrogen and oxygen atoms in total. The van der Waals surface area contributed by atoms with E-state index in [2.05, 4.69) is 13.2 Å². The summed E-state index contributed by atoms with van der Waals surface area (Å²) in [6.45, 7) is 12.2. The molecular formula is C32H48O10. The van der Waals surface area contributed by atoms with Crippen molar-refractivity contribution in [3.63, 3.8) is 0 Å². The van der Waals surface area contributed by atoms with Crippen LogP contribution in [0.1, 0.15) is 0 Å². The zero-order valence-corrected chi connectivity index (χ0v) is 24.6. The number of hydrogen-bond donors (Lipinski definition) is 2. The van der Waals surface area contributed by atoms with Crippen LogP contribution in [0.4, 0.5) is 0 Å². The van der Waals surface area contributed by atoms with Crippen LogP contribution in [0.25, 0.3) is 0 Å². The molecule has 2 unspecified atom stereocenters. The van der Waals surface area contributed by atoms with Gasteiger partial charge in [0, 0.05) is 0 Å². The highest BCUT2D eigenvalue weighted by molar-refractivity contribution is 5.21. The summed E-state index contributed by atoms with van der Waals surface area (Å²) in [7, 11) is 0. The number of aliphatic hydroxyl groups is 2. The van der Waals surface area contributed by atoms with E-state index in [-0.39, 0.29) is 38.6 Å². The van der Waals surface area contributed by atoms with Gasteiger partial charge in [-0.25, -0.2) is 0 Å². The number of benzene rings is 2. The minimum atomic E-state index is -0.225. The topological polar surface area (TPSA) is 114 Å². The molecular weight excluding hydrogens is 544 g/mol. The standard InChI is InChI=1S/2C16H24O5/c1-2-9-18-11-12-19-13-16(20-10-8-17)14-21-15-6-4-3-5-7-15;1-2-9-18-11-12-20-16(13-19-10-8-17)14-21-15-6-4-3-5-7-15/h2*2-7,16-17H,1,8-14H2. The van der Waals surface area contributed by atoms with Crippen LogP contribution in [0.2, 0.25) is 0 Å². The summed E-state index contributed by atoms with van der Waals surface area (Å²) in [5.41, 5.74) is 0. The van der Waals surface area contributed by atoms with E-state index in [1.807, 2.05) is 60.7 Å². The van der Waals surface area contributed by atoms with Gasteiger partial charge in [0.15, 0.2) is 0 Å². The zero-order valence-electron chi connectivity index (χ0n) is 24.6. The highest BCUT2D eigenvalue weighted by Gasteiger charge is 2.12. The second kappa shape index (κ2) is 28.3. The Morgan fingerprint density at radius 3 is 1.43 bits per heavy atom. The van der Waals surface area contributed by atoms with Gasteiger partial charge in [-0.2, -0.15) is 0 Å². The number of para-hydroxylation sites is 2. The highest BCUT2D eigenvalue weighted by atomic mass is 16.6. The normalized spacial score (nSPS) is 12.0. The summed E-state index contributed by atoms with van der Waals surface area (Å²) in [5, 5.41) is 17.6. The van der Waals surface area contributed by atoms with E-state index in [9.17, 15) is 0 Å². The van der Waals surface area contributed by atoms with Gasteiger partial charge in [-0.05, 0) is 24.3 Å². The maximum Gasteiger partial charge on any atom is 0.119 e. The van der Waals surface area contributed by atoms with Gasteiger partial charge in [-0.1, -0.05) is 48.6 Å². The van der Waals surface area contributed by atoms with Crippen LogP contribution in [0.5, 0.6) is 11.5 Å². The molecule has 0 aliphatic heterocycles. The van der Waals surface area contributed by atoms with Gasteiger partial charge in [0.25, 0.3) is 0 Å². The molecule has 0 spiro atoms. The molecule has 2 aromatic carbocycles. The van der Waals surface area contributed by atoms with Gasteiger partial charge in [0.2, 0.25) is 0 Å². The largest absolute Gasteiger partial charge is 0.491 e. The van der Waals surface area contributed by atoms with Crippen molar-refractivity contribution in [1.29, 1.82) is 0 Å². The number of hydrogen-bond acceptors (Lipinski definition) is 10. The molecule has 2 aromatic rings. The van der Waals surface area contributed by atoms with Crippen molar-refractivity contribution in [3.05, 3.63) is 86.0 Å². The van der Waals surface area contributed by atoms with E-state index >= 15 is 0 Å². The van der Waals surface area contributed by atoms with Crippen molar-refractivity contribution >= 4 is 0 Å². The van der Waals surface area contributed by atoms with Crippen LogP contribution >= 0.6 is 0 Å². The Kier molecular flexibility index (Phi) is 25.1. The first-order chi connectivity index (χ1) is 20.7. The van der Waals surface area contributed by atoms with Crippen molar-refractivity contribution in [3.8, 4) is 11.5 Å². The molecule has 0 radical (unpaired) electrons. The monoisotopic (exact) mass is 592 g/mol. The molecule has 0 bridgehead atoms.